The monoisotopic (exact) mass is 388 g/mol. The molecule has 2 heterocycles. The number of benzene rings is 1. The number of aromatic nitrogens is 2. The van der Waals surface area contributed by atoms with Crippen LogP contribution in [0.3, 0.4) is 0 Å². The summed E-state index contributed by atoms with van der Waals surface area (Å²) in [6.45, 7) is 5.69. The average Bonchev–Trinajstić information content (AvgIpc) is 2.96. The summed E-state index contributed by atoms with van der Waals surface area (Å²) in [7, 11) is -2.01. The molecule has 0 spiro atoms. The molecule has 3 rings (SSSR count). The van der Waals surface area contributed by atoms with E-state index in [1.54, 1.807) is 26.0 Å². The van der Waals surface area contributed by atoms with E-state index >= 15 is 0 Å². The van der Waals surface area contributed by atoms with Crippen LogP contribution in [0.2, 0.25) is 0 Å². The number of ether oxygens (including phenoxy) is 2. The minimum atomic E-state index is -3.54. The summed E-state index contributed by atoms with van der Waals surface area (Å²) < 4.78 is 40.7. The molecule has 0 radical (unpaired) electrons. The molecule has 2 aromatic rings. The van der Waals surface area contributed by atoms with Crippen molar-refractivity contribution in [2.75, 3.05) is 13.7 Å². The first-order valence-electron chi connectivity index (χ1n) is 6.77. The number of sulfone groups is 1. The molecule has 0 amide bonds. The van der Waals surface area contributed by atoms with Crippen molar-refractivity contribution in [1.29, 1.82) is 0 Å². The van der Waals surface area contributed by atoms with Gasteiger partial charge in [0.15, 0.2) is 0 Å². The normalized spacial score (nSPS) is 17.5. The summed E-state index contributed by atoms with van der Waals surface area (Å²) in [4.78, 5) is 0.233. The SMILES string of the molecule is CCOc1cc2c(cc1OC)-c1nn[se]c1C(C)(C)S2(=O)=O. The van der Waals surface area contributed by atoms with Crippen LogP contribution >= 0.6 is 0 Å². The van der Waals surface area contributed by atoms with Gasteiger partial charge >= 0.3 is 135 Å². The number of fused-ring (bicyclic) bond motifs is 3. The molecule has 1 aromatic carbocycles. The molecule has 6 nitrogen and oxygen atoms in total. The predicted octanol–water partition coefficient (Wildman–Crippen LogP) is 1.63. The molecule has 1 aliphatic rings. The fraction of sp³-hybridized carbons (Fsp3) is 0.429. The van der Waals surface area contributed by atoms with Crippen LogP contribution in [0.5, 0.6) is 11.5 Å². The van der Waals surface area contributed by atoms with Crippen LogP contribution in [-0.2, 0) is 14.6 Å². The van der Waals surface area contributed by atoms with Gasteiger partial charge in [0.2, 0.25) is 0 Å². The maximum absolute atomic E-state index is 13.0. The molecule has 0 atom stereocenters. The molecule has 0 N–H and O–H groups in total. The van der Waals surface area contributed by atoms with Crippen molar-refractivity contribution in [2.45, 2.75) is 30.4 Å². The third-order valence-electron chi connectivity index (χ3n) is 3.82. The van der Waals surface area contributed by atoms with Crippen LogP contribution in [0.1, 0.15) is 25.2 Å². The third-order valence-corrected chi connectivity index (χ3v) is 8.78. The van der Waals surface area contributed by atoms with Crippen molar-refractivity contribution in [1.82, 2.24) is 9.19 Å². The fourth-order valence-corrected chi connectivity index (χ4v) is 6.40. The van der Waals surface area contributed by atoms with Crippen LogP contribution in [0.4, 0.5) is 0 Å². The summed E-state index contributed by atoms with van der Waals surface area (Å²) >= 11 is -0.282. The molecule has 0 unspecified atom stereocenters. The van der Waals surface area contributed by atoms with E-state index in [-0.39, 0.29) is 19.6 Å². The van der Waals surface area contributed by atoms with Crippen LogP contribution in [-0.4, -0.2) is 46.1 Å². The molecule has 8 heteroatoms. The van der Waals surface area contributed by atoms with Gasteiger partial charge in [0.25, 0.3) is 0 Å². The van der Waals surface area contributed by atoms with E-state index in [9.17, 15) is 8.42 Å². The van der Waals surface area contributed by atoms with E-state index in [4.69, 9.17) is 9.47 Å². The summed E-state index contributed by atoms with van der Waals surface area (Å²) in [5, 5.41) is 4.18. The Kier molecular flexibility index (Phi) is 3.58. The Bertz CT molecular complexity index is 843. The van der Waals surface area contributed by atoms with Gasteiger partial charge in [-0.2, -0.15) is 0 Å². The molecular formula is C14H16N2O4SSe. The van der Waals surface area contributed by atoms with Crippen molar-refractivity contribution < 1.29 is 17.9 Å². The molecule has 0 saturated carbocycles. The molecular weight excluding hydrogens is 371 g/mol. The fourth-order valence-electron chi connectivity index (χ4n) is 2.54. The van der Waals surface area contributed by atoms with E-state index in [0.717, 1.165) is 4.44 Å². The predicted molar refractivity (Wildman–Crippen MR) is 82.3 cm³/mol. The molecule has 0 bridgehead atoms. The van der Waals surface area contributed by atoms with E-state index < -0.39 is 14.6 Å². The molecule has 0 saturated heterocycles. The van der Waals surface area contributed by atoms with Gasteiger partial charge in [-0.1, -0.05) is 0 Å². The summed E-state index contributed by atoms with van der Waals surface area (Å²) in [6, 6.07) is 3.22. The van der Waals surface area contributed by atoms with Gasteiger partial charge in [0.05, 0.1) is 0 Å². The van der Waals surface area contributed by atoms with Gasteiger partial charge in [0, 0.05) is 0 Å². The average molecular weight is 387 g/mol. The Balaban J connectivity index is 2.38. The molecule has 22 heavy (non-hydrogen) atoms. The number of rotatable bonds is 3. The van der Waals surface area contributed by atoms with Crippen LogP contribution in [0, 0.1) is 0 Å². The first-order valence-corrected chi connectivity index (χ1v) is 9.87. The second kappa shape index (κ2) is 5.08. The summed E-state index contributed by atoms with van der Waals surface area (Å²) in [5.41, 5.74) is 1.22. The van der Waals surface area contributed by atoms with Gasteiger partial charge in [-0.05, 0) is 0 Å². The minimum absolute atomic E-state index is 0.233. The summed E-state index contributed by atoms with van der Waals surface area (Å²) in [5.74, 6) is 0.921. The number of nitrogens with zero attached hydrogens (tertiary/aromatic N) is 2. The van der Waals surface area contributed by atoms with Crippen molar-refractivity contribution in [3.63, 3.8) is 0 Å². The topological polar surface area (TPSA) is 78.4 Å². The molecule has 118 valence electrons. The van der Waals surface area contributed by atoms with Crippen molar-refractivity contribution >= 4 is 24.6 Å². The first-order chi connectivity index (χ1) is 10.3. The maximum atomic E-state index is 13.0. The summed E-state index contributed by atoms with van der Waals surface area (Å²) in [6.07, 6.45) is 0. The Morgan fingerprint density at radius 1 is 1.27 bits per heavy atom. The number of hydrogen-bond donors (Lipinski definition) is 0. The number of methoxy groups -OCH3 is 1. The zero-order valence-electron chi connectivity index (χ0n) is 12.7. The number of hydrogen-bond acceptors (Lipinski definition) is 6. The first kappa shape index (κ1) is 15.5. The van der Waals surface area contributed by atoms with Crippen molar-refractivity contribution in [3.05, 3.63) is 16.6 Å². The molecule has 1 aliphatic heterocycles. The van der Waals surface area contributed by atoms with Gasteiger partial charge in [-0.25, -0.2) is 0 Å². The molecule has 0 aliphatic carbocycles. The van der Waals surface area contributed by atoms with Crippen molar-refractivity contribution in [3.8, 4) is 22.8 Å². The zero-order chi connectivity index (χ0) is 16.1. The Morgan fingerprint density at radius 2 is 2.00 bits per heavy atom. The van der Waals surface area contributed by atoms with Gasteiger partial charge in [-0.3, -0.25) is 0 Å². The quantitative estimate of drug-likeness (QED) is 0.745. The second-order valence-electron chi connectivity index (χ2n) is 5.40. The van der Waals surface area contributed by atoms with E-state index in [2.05, 4.69) is 9.19 Å². The van der Waals surface area contributed by atoms with E-state index in [0.29, 0.717) is 29.4 Å². The van der Waals surface area contributed by atoms with Crippen LogP contribution < -0.4 is 9.47 Å². The standard InChI is InChI=1S/C14H16N2O4SSe/c1-5-20-10-7-11-8(6-9(10)19-4)12-13(22-16-15-12)14(2,3)21(11,17)18/h6-7H,5H2,1-4H3. The van der Waals surface area contributed by atoms with Gasteiger partial charge in [0.1, 0.15) is 0 Å². The van der Waals surface area contributed by atoms with E-state index in [1.165, 1.54) is 7.11 Å². The van der Waals surface area contributed by atoms with E-state index in [1.807, 2.05) is 6.92 Å². The third kappa shape index (κ3) is 1.94. The molecule has 0 fully saturated rings. The Labute approximate surface area is 135 Å². The zero-order valence-corrected chi connectivity index (χ0v) is 15.2. The van der Waals surface area contributed by atoms with Gasteiger partial charge in [-0.15, -0.1) is 0 Å². The van der Waals surface area contributed by atoms with Crippen molar-refractivity contribution in [2.24, 2.45) is 0 Å². The van der Waals surface area contributed by atoms with Crippen LogP contribution in [0.25, 0.3) is 11.3 Å². The Morgan fingerprint density at radius 3 is 2.64 bits per heavy atom. The van der Waals surface area contributed by atoms with Gasteiger partial charge < -0.3 is 0 Å². The molecule has 1 aromatic heterocycles. The van der Waals surface area contributed by atoms with Crippen LogP contribution in [0.15, 0.2) is 17.0 Å². The Hall–Kier alpha value is -1.37. The second-order valence-corrected chi connectivity index (χ2v) is 9.45.